The van der Waals surface area contributed by atoms with Crippen LogP contribution in [0.3, 0.4) is 0 Å². The Morgan fingerprint density at radius 2 is 1.41 bits per heavy atom. The van der Waals surface area contributed by atoms with Crippen LogP contribution in [-0.4, -0.2) is 125 Å². The molecule has 0 amide bonds. The molecular formula is C30H55N2O9S3+. The van der Waals surface area contributed by atoms with E-state index in [2.05, 4.69) is 5.32 Å². The molecule has 0 radical (unpaired) electrons. The lowest BCUT2D eigenvalue weighted by atomic mass is 9.79. The SMILES string of the molecule is CCC(C)(CCC(CCC(C)(SC(C)=S)C(=O)OCCOC(=S)NC)C(=O)OCCOCCOC)C(=O)OCC[N+](C)(C)C. The van der Waals surface area contributed by atoms with E-state index in [0.29, 0.717) is 67.1 Å². The summed E-state index contributed by atoms with van der Waals surface area (Å²) in [4.78, 5) is 39.6. The number of nitrogens with zero attached hydrogens (tertiary/aromatic N) is 1. The number of rotatable bonds is 23. The summed E-state index contributed by atoms with van der Waals surface area (Å²) in [6.45, 7) is 9.55. The maximum atomic E-state index is 13.3. The molecule has 44 heavy (non-hydrogen) atoms. The van der Waals surface area contributed by atoms with E-state index in [4.69, 9.17) is 52.9 Å². The van der Waals surface area contributed by atoms with Gasteiger partial charge in [0.25, 0.3) is 5.17 Å². The van der Waals surface area contributed by atoms with Gasteiger partial charge in [-0.05, 0) is 65.1 Å². The Kier molecular flexibility index (Phi) is 21.2. The summed E-state index contributed by atoms with van der Waals surface area (Å²) in [5.41, 5.74) is -0.775. The Balaban J connectivity index is 5.63. The van der Waals surface area contributed by atoms with Crippen molar-refractivity contribution in [2.75, 3.05) is 88.1 Å². The number of hydrogen-bond acceptors (Lipinski definition) is 12. The average molecular weight is 684 g/mol. The first-order valence-electron chi connectivity index (χ1n) is 15.0. The molecule has 0 aromatic carbocycles. The molecule has 1 N–H and O–H groups in total. The molecular weight excluding hydrogens is 629 g/mol. The molecule has 0 aromatic rings. The predicted molar refractivity (Wildman–Crippen MR) is 181 cm³/mol. The van der Waals surface area contributed by atoms with Crippen LogP contribution < -0.4 is 5.32 Å². The van der Waals surface area contributed by atoms with Crippen molar-refractivity contribution in [3.63, 3.8) is 0 Å². The van der Waals surface area contributed by atoms with Crippen LogP contribution in [0.25, 0.3) is 0 Å². The van der Waals surface area contributed by atoms with Gasteiger partial charge < -0.3 is 38.2 Å². The Morgan fingerprint density at radius 3 is 1.98 bits per heavy atom. The van der Waals surface area contributed by atoms with Crippen LogP contribution in [0.5, 0.6) is 0 Å². The lowest BCUT2D eigenvalue weighted by molar-refractivity contribution is -0.870. The zero-order valence-corrected chi connectivity index (χ0v) is 30.6. The van der Waals surface area contributed by atoms with Crippen LogP contribution in [0, 0.1) is 11.3 Å². The Bertz CT molecular complexity index is 917. The number of methoxy groups -OCH3 is 1. The van der Waals surface area contributed by atoms with Crippen LogP contribution >= 0.6 is 36.2 Å². The Hall–Kier alpha value is -1.58. The third kappa shape index (κ3) is 18.4. The van der Waals surface area contributed by atoms with E-state index in [-0.39, 0.29) is 37.6 Å². The van der Waals surface area contributed by atoms with Crippen molar-refractivity contribution < 1.29 is 47.3 Å². The number of nitrogens with one attached hydrogen (secondary N) is 1. The molecule has 3 unspecified atom stereocenters. The minimum atomic E-state index is -1.05. The number of carbonyl (C=O) groups excluding carboxylic acids is 3. The largest absolute Gasteiger partial charge is 0.467 e. The van der Waals surface area contributed by atoms with Crippen molar-refractivity contribution in [3.05, 3.63) is 0 Å². The maximum absolute atomic E-state index is 13.3. The zero-order chi connectivity index (χ0) is 33.8. The summed E-state index contributed by atoms with van der Waals surface area (Å²) in [5, 5.41) is 2.89. The highest BCUT2D eigenvalue weighted by Gasteiger charge is 2.39. The molecule has 0 saturated carbocycles. The fourth-order valence-corrected chi connectivity index (χ4v) is 5.53. The third-order valence-electron chi connectivity index (χ3n) is 7.07. The van der Waals surface area contributed by atoms with E-state index in [0.717, 1.165) is 0 Å². The topological polar surface area (TPSA) is 119 Å². The second-order valence-corrected chi connectivity index (χ2v) is 14.9. The van der Waals surface area contributed by atoms with Gasteiger partial charge in [0.05, 0.1) is 52.3 Å². The number of esters is 3. The smallest absolute Gasteiger partial charge is 0.322 e. The van der Waals surface area contributed by atoms with E-state index < -0.39 is 28.0 Å². The highest BCUT2D eigenvalue weighted by molar-refractivity contribution is 8.24. The summed E-state index contributed by atoms with van der Waals surface area (Å²) in [5.74, 6) is -1.74. The fourth-order valence-electron chi connectivity index (χ4n) is 3.90. The number of hydrogen-bond donors (Lipinski definition) is 1. The number of ether oxygens (including phenoxy) is 6. The molecule has 0 fully saturated rings. The summed E-state index contributed by atoms with van der Waals surface area (Å²) in [6.07, 6.45) is 1.95. The number of quaternary nitrogens is 1. The molecule has 0 heterocycles. The molecule has 3 atom stereocenters. The van der Waals surface area contributed by atoms with Gasteiger partial charge in [-0.1, -0.05) is 19.1 Å². The van der Waals surface area contributed by atoms with Crippen molar-refractivity contribution in [3.8, 4) is 0 Å². The summed E-state index contributed by atoms with van der Waals surface area (Å²) in [6, 6.07) is 0. The van der Waals surface area contributed by atoms with Crippen LogP contribution in [0.4, 0.5) is 0 Å². The van der Waals surface area contributed by atoms with E-state index >= 15 is 0 Å². The molecule has 0 spiro atoms. The highest BCUT2D eigenvalue weighted by atomic mass is 32.2. The molecule has 0 aromatic heterocycles. The summed E-state index contributed by atoms with van der Waals surface area (Å²) >= 11 is 11.5. The summed E-state index contributed by atoms with van der Waals surface area (Å²) in [7, 11) is 9.32. The van der Waals surface area contributed by atoms with Gasteiger partial charge in [-0.2, -0.15) is 0 Å². The van der Waals surface area contributed by atoms with Gasteiger partial charge in [-0.3, -0.25) is 14.4 Å². The van der Waals surface area contributed by atoms with Crippen LogP contribution in [0.15, 0.2) is 0 Å². The second kappa shape index (κ2) is 22.0. The first kappa shape index (κ1) is 42.4. The molecule has 0 saturated heterocycles. The normalized spacial score (nSPS) is 14.8. The molecule has 0 aliphatic rings. The Labute approximate surface area is 279 Å². The van der Waals surface area contributed by atoms with E-state index in [1.54, 1.807) is 28.0 Å². The van der Waals surface area contributed by atoms with Crippen LogP contribution in [-0.2, 0) is 42.8 Å². The van der Waals surface area contributed by atoms with E-state index in [1.165, 1.54) is 11.8 Å². The lowest BCUT2D eigenvalue weighted by Gasteiger charge is -2.30. The number of carbonyl (C=O) groups is 3. The van der Waals surface area contributed by atoms with Gasteiger partial charge in [-0.25, -0.2) is 0 Å². The van der Waals surface area contributed by atoms with Gasteiger partial charge in [0.1, 0.15) is 37.7 Å². The predicted octanol–water partition coefficient (Wildman–Crippen LogP) is 3.94. The van der Waals surface area contributed by atoms with Gasteiger partial charge in [-0.15, -0.1) is 11.8 Å². The quantitative estimate of drug-likeness (QED) is 0.0552. The molecule has 14 heteroatoms. The first-order valence-corrected chi connectivity index (χ1v) is 16.6. The van der Waals surface area contributed by atoms with Gasteiger partial charge in [0.2, 0.25) is 0 Å². The molecule has 0 aliphatic heterocycles. The minimum Gasteiger partial charge on any atom is -0.467 e. The van der Waals surface area contributed by atoms with Crippen LogP contribution in [0.2, 0.25) is 0 Å². The Morgan fingerprint density at radius 1 is 0.841 bits per heavy atom. The van der Waals surface area contributed by atoms with Gasteiger partial charge in [0, 0.05) is 18.4 Å². The monoisotopic (exact) mass is 683 g/mol. The fraction of sp³-hybridized carbons (Fsp3) is 0.833. The minimum absolute atomic E-state index is 0.00683. The second-order valence-electron chi connectivity index (χ2n) is 12.0. The lowest BCUT2D eigenvalue weighted by Crippen LogP contribution is -2.39. The van der Waals surface area contributed by atoms with Crippen molar-refractivity contribution in [2.45, 2.75) is 64.5 Å². The molecule has 0 aliphatic carbocycles. The zero-order valence-electron chi connectivity index (χ0n) is 28.1. The standard InChI is InChI=1S/C30H54N2O9S3/c1-10-29(3,26(34)39-16-15-32(6,7)8)13-11-24(25(33)38-20-19-37-18-17-36-9)12-14-30(4,44-23(2)42)27(35)40-21-22-41-28(43)31-5/h24H,10-22H2,1-9H3/p+1. The third-order valence-corrected chi connectivity index (χ3v) is 8.76. The number of thiocarbonyl (C=S) groups is 2. The molecule has 0 bridgehead atoms. The van der Waals surface area contributed by atoms with Crippen molar-refractivity contribution in [1.29, 1.82) is 0 Å². The van der Waals surface area contributed by atoms with Crippen molar-refractivity contribution >= 4 is 63.5 Å². The van der Waals surface area contributed by atoms with Crippen LogP contribution in [0.1, 0.15) is 59.8 Å². The molecule has 256 valence electrons. The van der Waals surface area contributed by atoms with E-state index in [1.807, 2.05) is 35.0 Å². The highest BCUT2D eigenvalue weighted by Crippen LogP contribution is 2.37. The first-order chi connectivity index (χ1) is 20.5. The number of likely N-dealkylation sites (N-methyl/N-ethyl adjacent to an activating group) is 1. The van der Waals surface area contributed by atoms with Crippen molar-refractivity contribution in [1.82, 2.24) is 5.32 Å². The molecule has 11 nitrogen and oxygen atoms in total. The number of thioether (sulfide) groups is 1. The van der Waals surface area contributed by atoms with Gasteiger partial charge >= 0.3 is 17.9 Å². The summed E-state index contributed by atoms with van der Waals surface area (Å²) < 4.78 is 32.5. The van der Waals surface area contributed by atoms with Gasteiger partial charge in [0.15, 0.2) is 0 Å². The van der Waals surface area contributed by atoms with E-state index in [9.17, 15) is 14.4 Å². The molecule has 0 rings (SSSR count). The van der Waals surface area contributed by atoms with Crippen molar-refractivity contribution in [2.24, 2.45) is 11.3 Å². The maximum Gasteiger partial charge on any atom is 0.322 e. The average Bonchev–Trinajstić information content (AvgIpc) is 2.95.